The lowest BCUT2D eigenvalue weighted by molar-refractivity contribution is -0.147. The Morgan fingerprint density at radius 2 is 1.32 bits per heavy atom. The second kappa shape index (κ2) is 14.4. The Balaban J connectivity index is 2.03. The van der Waals surface area contributed by atoms with E-state index < -0.39 is 35.8 Å². The smallest absolute Gasteiger partial charge is 0.457 e. The highest BCUT2D eigenvalue weighted by molar-refractivity contribution is 8.15. The van der Waals surface area contributed by atoms with Crippen molar-refractivity contribution in [1.82, 2.24) is 4.90 Å². The summed E-state index contributed by atoms with van der Waals surface area (Å²) >= 11 is 0.767. The number of likely N-dealkylation sites (tertiary alicyclic amines) is 1. The molecule has 0 unspecified atom stereocenters. The van der Waals surface area contributed by atoms with Gasteiger partial charge in [-0.15, -0.1) is 0 Å². The first-order valence-electron chi connectivity index (χ1n) is 13.9. The minimum absolute atomic E-state index is 0.0786. The van der Waals surface area contributed by atoms with Crippen LogP contribution in [0, 0.1) is 0 Å². The number of hydrogen-bond donors (Lipinski definition) is 0. The maximum Gasteiger partial charge on any atom is 0.508 e. The van der Waals surface area contributed by atoms with Crippen LogP contribution in [0.25, 0.3) is 0 Å². The Kier molecular flexibility index (Phi) is 10.7. The molecule has 0 radical (unpaired) electrons. The molecule has 1 aliphatic heterocycles. The number of carbonyl (C=O) groups excluding carboxylic acids is 4. The highest BCUT2D eigenvalue weighted by Gasteiger charge is 2.62. The van der Waals surface area contributed by atoms with Crippen molar-refractivity contribution in [2.75, 3.05) is 19.8 Å². The summed E-state index contributed by atoms with van der Waals surface area (Å²) < 4.78 is 14.6. The summed E-state index contributed by atoms with van der Waals surface area (Å²) in [5, 5.41) is 2.12. The van der Waals surface area contributed by atoms with Crippen LogP contribution in [0.1, 0.15) is 13.8 Å². The second-order valence-electron chi connectivity index (χ2n) is 9.87. The highest BCUT2D eigenvalue weighted by Crippen LogP contribution is 2.51. The van der Waals surface area contributed by atoms with Gasteiger partial charge < -0.3 is 19.1 Å². The summed E-state index contributed by atoms with van der Waals surface area (Å²) in [4.78, 5) is 55.0. The van der Waals surface area contributed by atoms with Crippen LogP contribution in [0.15, 0.2) is 116 Å². The summed E-state index contributed by atoms with van der Waals surface area (Å²) in [5.41, 5.74) is 0.147. The zero-order valence-corrected chi connectivity index (χ0v) is 26.3. The summed E-state index contributed by atoms with van der Waals surface area (Å²) in [5.74, 6) is -1.25. The number of ether oxygens (including phenoxy) is 3. The van der Waals surface area contributed by atoms with Crippen molar-refractivity contribution in [3.05, 3.63) is 116 Å². The highest BCUT2D eigenvalue weighted by atomic mass is 32.2. The van der Waals surface area contributed by atoms with E-state index in [4.69, 9.17) is 14.2 Å². The number of hydrogen-bond acceptors (Lipinski definition) is 8. The maximum absolute atomic E-state index is 14.5. The van der Waals surface area contributed by atoms with Crippen LogP contribution in [0.5, 0.6) is 0 Å². The van der Waals surface area contributed by atoms with Gasteiger partial charge in [0.1, 0.15) is 24.7 Å². The largest absolute Gasteiger partial charge is 0.508 e. The van der Waals surface area contributed by atoms with Gasteiger partial charge in [0.15, 0.2) is 9.86 Å². The van der Waals surface area contributed by atoms with Crippen molar-refractivity contribution in [3.8, 4) is 0 Å². The minimum Gasteiger partial charge on any atom is -0.457 e. The lowest BCUT2D eigenvalue weighted by Gasteiger charge is -2.51. The molecule has 0 spiro atoms. The van der Waals surface area contributed by atoms with Gasteiger partial charge in [-0.25, -0.2) is 9.59 Å². The predicted molar refractivity (Wildman–Crippen MR) is 176 cm³/mol. The molecule has 1 heterocycles. The van der Waals surface area contributed by atoms with Crippen LogP contribution in [-0.2, 0) is 28.6 Å². The van der Waals surface area contributed by atoms with Crippen molar-refractivity contribution >= 4 is 63.1 Å². The fourth-order valence-electron chi connectivity index (χ4n) is 5.20. The molecular weight excluding hydrogens is 597 g/mol. The second-order valence-corrected chi connectivity index (χ2v) is 14.7. The first-order valence-corrected chi connectivity index (χ1v) is 16.5. The summed E-state index contributed by atoms with van der Waals surface area (Å²) in [6, 6.07) is 28.7. The summed E-state index contributed by atoms with van der Waals surface area (Å²) in [6.07, 6.45) is 0.780. The molecule has 44 heavy (non-hydrogen) atoms. The van der Waals surface area contributed by atoms with Gasteiger partial charge >= 0.3 is 12.1 Å². The molecule has 8 nitrogen and oxygen atoms in total. The Morgan fingerprint density at radius 1 is 0.864 bits per heavy atom. The fourth-order valence-corrected chi connectivity index (χ4v) is 10.7. The Morgan fingerprint density at radius 3 is 1.73 bits per heavy atom. The minimum atomic E-state index is -3.11. The predicted octanol–water partition coefficient (Wildman–Crippen LogP) is 4.43. The topological polar surface area (TPSA) is 99.2 Å². The molecule has 0 N–H and O–H groups in total. The van der Waals surface area contributed by atoms with E-state index >= 15 is 0 Å². The zero-order valence-electron chi connectivity index (χ0n) is 24.6. The maximum atomic E-state index is 14.5. The normalized spacial score (nSPS) is 16.6. The third-order valence-electron chi connectivity index (χ3n) is 7.09. The monoisotopic (exact) mass is 631 g/mol. The van der Waals surface area contributed by atoms with E-state index in [9.17, 15) is 19.2 Å². The molecule has 1 aliphatic rings. The van der Waals surface area contributed by atoms with E-state index in [1.165, 1.54) is 30.9 Å². The van der Waals surface area contributed by atoms with Crippen molar-refractivity contribution in [3.63, 3.8) is 0 Å². The zero-order chi connectivity index (χ0) is 31.7. The number of thioether (sulfide) groups is 1. The van der Waals surface area contributed by atoms with Gasteiger partial charge in [-0.1, -0.05) is 128 Å². The SMILES string of the molecule is C=CCOC(=O)O[C@H](C)[C@@]1(SC(C)=O)CN(C(C(=O)OCC=C)=P(c2ccccc2)(c2ccccc2)c2ccccc2)C1=O. The van der Waals surface area contributed by atoms with Gasteiger partial charge in [0.05, 0.1) is 6.54 Å². The van der Waals surface area contributed by atoms with Crippen LogP contribution in [0.4, 0.5) is 4.79 Å². The molecule has 1 amide bonds. The van der Waals surface area contributed by atoms with Gasteiger partial charge in [-0.2, -0.15) is 0 Å². The van der Waals surface area contributed by atoms with Crippen LogP contribution in [0.2, 0.25) is 0 Å². The molecule has 4 rings (SSSR count). The van der Waals surface area contributed by atoms with Crippen molar-refractivity contribution in [2.45, 2.75) is 24.7 Å². The number of carbonyl (C=O) groups is 4. The van der Waals surface area contributed by atoms with Crippen molar-refractivity contribution in [2.24, 2.45) is 0 Å². The molecular formula is C34H34NO7PS. The quantitative estimate of drug-likeness (QED) is 0.125. The lowest BCUT2D eigenvalue weighted by atomic mass is 9.91. The lowest BCUT2D eigenvalue weighted by Crippen LogP contribution is -2.73. The molecule has 0 aliphatic carbocycles. The van der Waals surface area contributed by atoms with E-state index in [1.807, 2.05) is 91.0 Å². The molecule has 1 fully saturated rings. The molecule has 3 aromatic rings. The number of rotatable bonds is 12. The molecule has 1 saturated heterocycles. The average Bonchev–Trinajstić information content (AvgIpc) is 3.04. The Bertz CT molecular complexity index is 1490. The van der Waals surface area contributed by atoms with Crippen molar-refractivity contribution < 1.29 is 33.4 Å². The first-order chi connectivity index (χ1) is 21.2. The Hall–Kier alpha value is -4.33. The average molecular weight is 632 g/mol. The molecule has 0 bridgehead atoms. The molecule has 0 saturated carbocycles. The summed E-state index contributed by atoms with van der Waals surface area (Å²) in [7, 11) is 0. The van der Waals surface area contributed by atoms with E-state index in [0.717, 1.165) is 27.7 Å². The molecule has 10 heteroatoms. The molecule has 0 aromatic heterocycles. The van der Waals surface area contributed by atoms with Gasteiger partial charge in [-0.05, 0) is 22.8 Å². The van der Waals surface area contributed by atoms with Gasteiger partial charge in [0.2, 0.25) is 5.91 Å². The van der Waals surface area contributed by atoms with Crippen molar-refractivity contribution in [1.29, 1.82) is 0 Å². The first kappa shape index (κ1) is 32.6. The van der Waals surface area contributed by atoms with Gasteiger partial charge in [0, 0.05) is 13.8 Å². The third-order valence-corrected chi connectivity index (χ3v) is 12.7. The number of amides is 1. The molecule has 3 aromatic carbocycles. The Labute approximate surface area is 261 Å². The third kappa shape index (κ3) is 6.30. The number of benzene rings is 3. The van der Waals surface area contributed by atoms with E-state index in [-0.39, 0.29) is 30.3 Å². The summed E-state index contributed by atoms with van der Waals surface area (Å²) in [6.45, 7) is 6.70. The van der Waals surface area contributed by atoms with E-state index in [0.29, 0.717) is 0 Å². The van der Waals surface area contributed by atoms with Gasteiger partial charge in [-0.3, -0.25) is 9.59 Å². The van der Waals surface area contributed by atoms with E-state index in [2.05, 4.69) is 13.2 Å². The number of β-lactam (4-membered cyclic amide) rings is 1. The van der Waals surface area contributed by atoms with Crippen LogP contribution < -0.4 is 15.9 Å². The van der Waals surface area contributed by atoms with E-state index in [1.54, 1.807) is 0 Å². The fraction of sp³-hybridized carbons (Fsp3) is 0.206. The van der Waals surface area contributed by atoms with Crippen LogP contribution in [0.3, 0.4) is 0 Å². The number of nitrogens with zero attached hydrogens (tertiary/aromatic N) is 1. The molecule has 228 valence electrons. The molecule has 2 atom stereocenters. The van der Waals surface area contributed by atoms with Crippen LogP contribution in [-0.4, -0.2) is 64.1 Å². The number of esters is 1. The van der Waals surface area contributed by atoms with Crippen LogP contribution >= 0.6 is 18.6 Å². The van der Waals surface area contributed by atoms with Gasteiger partial charge in [0.25, 0.3) is 0 Å². The standard InChI is InChI=1S/C34H34NO7PS/c1-5-22-40-31(37)30(35-24-34(32(35)38,44-26(4)36)25(3)42-33(39)41-23-6-2)43(27-16-10-7-11-17-27,28-18-12-8-13-19-28)29-20-14-9-15-21-29/h5-21,25H,1-2,22-24H2,3-4H3/t25-,34+/m1/s1.